The van der Waals surface area contributed by atoms with E-state index in [0.717, 1.165) is 0 Å². The van der Waals surface area contributed by atoms with Crippen molar-refractivity contribution in [2.24, 2.45) is 0 Å². The van der Waals surface area contributed by atoms with Crippen LogP contribution in [0.4, 0.5) is 11.5 Å². The van der Waals surface area contributed by atoms with Crippen LogP contribution in [0.15, 0.2) is 24.3 Å². The lowest BCUT2D eigenvalue weighted by atomic mass is 10.2. The van der Waals surface area contributed by atoms with E-state index in [9.17, 15) is 5.11 Å². The number of rotatable bonds is 2. The fourth-order valence-corrected chi connectivity index (χ4v) is 2.07. The van der Waals surface area contributed by atoms with E-state index in [4.69, 9.17) is 40.1 Å². The summed E-state index contributed by atoms with van der Waals surface area (Å²) >= 11 is 17.8. The maximum atomic E-state index is 9.65. The lowest BCUT2D eigenvalue weighted by Gasteiger charge is -2.11. The average Bonchev–Trinajstić information content (AvgIpc) is 2.39. The summed E-state index contributed by atoms with van der Waals surface area (Å²) in [6, 6.07) is 8.35. The molecular formula is C12H6Cl3N3O. The molecule has 19 heavy (non-hydrogen) atoms. The zero-order chi connectivity index (χ0) is 14.0. The Balaban J connectivity index is 2.48. The Morgan fingerprint density at radius 3 is 2.47 bits per heavy atom. The second kappa shape index (κ2) is 5.54. The molecule has 2 N–H and O–H groups in total. The van der Waals surface area contributed by atoms with Gasteiger partial charge in [0.1, 0.15) is 22.4 Å². The van der Waals surface area contributed by atoms with E-state index in [2.05, 4.69) is 10.3 Å². The minimum Gasteiger partial charge on any atom is -0.506 e. The van der Waals surface area contributed by atoms with Gasteiger partial charge in [-0.2, -0.15) is 5.26 Å². The molecule has 2 rings (SSSR count). The molecular weight excluding hydrogens is 309 g/mol. The van der Waals surface area contributed by atoms with Gasteiger partial charge in [-0.05, 0) is 12.1 Å². The number of halogens is 3. The Morgan fingerprint density at radius 2 is 1.84 bits per heavy atom. The number of phenols is 1. The van der Waals surface area contributed by atoms with E-state index in [0.29, 0.717) is 5.69 Å². The number of anilines is 2. The van der Waals surface area contributed by atoms with E-state index >= 15 is 0 Å². The smallest absolute Gasteiger partial charge is 0.152 e. The number of aromatic nitrogens is 1. The lowest BCUT2D eigenvalue weighted by molar-refractivity contribution is 0.477. The highest BCUT2D eigenvalue weighted by atomic mass is 35.5. The number of nitrogens with zero attached hydrogens (tertiary/aromatic N) is 2. The fourth-order valence-electron chi connectivity index (χ4n) is 1.39. The van der Waals surface area contributed by atoms with Crippen LogP contribution < -0.4 is 5.32 Å². The van der Waals surface area contributed by atoms with E-state index in [-0.39, 0.29) is 32.3 Å². The number of pyridine rings is 1. The van der Waals surface area contributed by atoms with Crippen LogP contribution in [0, 0.1) is 11.3 Å². The number of benzene rings is 1. The van der Waals surface area contributed by atoms with E-state index in [1.54, 1.807) is 18.2 Å². The van der Waals surface area contributed by atoms with Crippen LogP contribution in [-0.2, 0) is 0 Å². The SMILES string of the molecule is N#Cc1c(Cl)nc(Nc2ccccc2O)c(Cl)c1Cl. The maximum Gasteiger partial charge on any atom is 0.152 e. The fraction of sp³-hybridized carbons (Fsp3) is 0. The van der Waals surface area contributed by atoms with Crippen LogP contribution in [-0.4, -0.2) is 10.1 Å². The van der Waals surface area contributed by atoms with Gasteiger partial charge in [-0.15, -0.1) is 0 Å². The van der Waals surface area contributed by atoms with Crippen molar-refractivity contribution >= 4 is 46.3 Å². The van der Waals surface area contributed by atoms with E-state index in [1.165, 1.54) is 6.07 Å². The first-order valence-electron chi connectivity index (χ1n) is 5.04. The van der Waals surface area contributed by atoms with Crippen LogP contribution in [0.3, 0.4) is 0 Å². The van der Waals surface area contributed by atoms with Crippen molar-refractivity contribution < 1.29 is 5.11 Å². The summed E-state index contributed by atoms with van der Waals surface area (Å²) in [5.74, 6) is 0.189. The third-order valence-electron chi connectivity index (χ3n) is 2.31. The van der Waals surface area contributed by atoms with Gasteiger partial charge in [0, 0.05) is 0 Å². The van der Waals surface area contributed by atoms with Crippen molar-refractivity contribution in [2.75, 3.05) is 5.32 Å². The van der Waals surface area contributed by atoms with Gasteiger partial charge in [0.25, 0.3) is 0 Å². The summed E-state index contributed by atoms with van der Waals surface area (Å²) < 4.78 is 0. The number of nitriles is 1. The van der Waals surface area contributed by atoms with E-state index in [1.807, 2.05) is 6.07 Å². The molecule has 0 spiro atoms. The minimum absolute atomic E-state index is 0.0103. The topological polar surface area (TPSA) is 68.9 Å². The van der Waals surface area contributed by atoms with Crippen molar-refractivity contribution in [3.63, 3.8) is 0 Å². The summed E-state index contributed by atoms with van der Waals surface area (Å²) in [6.45, 7) is 0. The molecule has 0 unspecified atom stereocenters. The highest BCUT2D eigenvalue weighted by Crippen LogP contribution is 2.37. The van der Waals surface area contributed by atoms with Gasteiger partial charge >= 0.3 is 0 Å². The average molecular weight is 315 g/mol. The highest BCUT2D eigenvalue weighted by Gasteiger charge is 2.16. The standard InChI is InChI=1S/C12H6Cl3N3O/c13-9-6(5-16)11(15)18-12(10(9)14)17-7-3-1-2-4-8(7)19/h1-4,19H,(H,17,18). The van der Waals surface area contributed by atoms with Crippen molar-refractivity contribution in [3.05, 3.63) is 45.0 Å². The quantitative estimate of drug-likeness (QED) is 0.638. The summed E-state index contributed by atoms with van der Waals surface area (Å²) in [4.78, 5) is 3.95. The van der Waals surface area contributed by atoms with Gasteiger partial charge in [0.15, 0.2) is 11.0 Å². The molecule has 1 aromatic carbocycles. The molecule has 96 valence electrons. The Hall–Kier alpha value is -1.67. The first-order valence-corrected chi connectivity index (χ1v) is 6.17. The minimum atomic E-state index is -0.0604. The Bertz CT molecular complexity index is 683. The number of para-hydroxylation sites is 2. The van der Waals surface area contributed by atoms with Crippen LogP contribution in [0.5, 0.6) is 5.75 Å². The molecule has 7 heteroatoms. The Morgan fingerprint density at radius 1 is 1.16 bits per heavy atom. The monoisotopic (exact) mass is 313 g/mol. The molecule has 0 radical (unpaired) electrons. The molecule has 0 saturated heterocycles. The second-order valence-electron chi connectivity index (χ2n) is 3.51. The highest BCUT2D eigenvalue weighted by molar-refractivity contribution is 6.45. The molecule has 0 amide bonds. The van der Waals surface area contributed by atoms with Gasteiger partial charge in [-0.25, -0.2) is 4.98 Å². The summed E-state index contributed by atoms with van der Waals surface area (Å²) in [6.07, 6.45) is 0. The van der Waals surface area contributed by atoms with Crippen molar-refractivity contribution in [1.82, 2.24) is 4.98 Å². The number of aromatic hydroxyl groups is 1. The zero-order valence-corrected chi connectivity index (χ0v) is 11.6. The molecule has 0 bridgehead atoms. The van der Waals surface area contributed by atoms with Crippen LogP contribution in [0.25, 0.3) is 0 Å². The van der Waals surface area contributed by atoms with Crippen molar-refractivity contribution in [3.8, 4) is 11.8 Å². The second-order valence-corrected chi connectivity index (χ2v) is 4.62. The number of phenolic OH excluding ortho intramolecular Hbond substituents is 1. The van der Waals surface area contributed by atoms with E-state index < -0.39 is 0 Å². The first-order chi connectivity index (χ1) is 9.04. The van der Waals surface area contributed by atoms with Crippen molar-refractivity contribution in [2.45, 2.75) is 0 Å². The molecule has 1 heterocycles. The molecule has 0 aliphatic carbocycles. The summed E-state index contributed by atoms with van der Waals surface area (Å²) in [5.41, 5.74) is 0.407. The molecule has 0 fully saturated rings. The lowest BCUT2D eigenvalue weighted by Crippen LogP contribution is -1.98. The molecule has 1 aromatic heterocycles. The number of hydrogen-bond donors (Lipinski definition) is 2. The van der Waals surface area contributed by atoms with Crippen LogP contribution >= 0.6 is 34.8 Å². The molecule has 4 nitrogen and oxygen atoms in total. The third-order valence-corrected chi connectivity index (χ3v) is 3.42. The number of hydrogen-bond acceptors (Lipinski definition) is 4. The van der Waals surface area contributed by atoms with Gasteiger partial charge in [-0.3, -0.25) is 0 Å². The largest absolute Gasteiger partial charge is 0.506 e. The molecule has 0 aliphatic heterocycles. The van der Waals surface area contributed by atoms with Crippen molar-refractivity contribution in [1.29, 1.82) is 5.26 Å². The van der Waals surface area contributed by atoms with Gasteiger partial charge in [0.2, 0.25) is 0 Å². The van der Waals surface area contributed by atoms with Gasteiger partial charge in [0.05, 0.1) is 10.7 Å². The molecule has 0 aliphatic rings. The van der Waals surface area contributed by atoms with Gasteiger partial charge < -0.3 is 10.4 Å². The Labute approximate surface area is 124 Å². The maximum absolute atomic E-state index is 9.65. The van der Waals surface area contributed by atoms with Crippen LogP contribution in [0.2, 0.25) is 15.2 Å². The predicted molar refractivity (Wildman–Crippen MR) is 75.4 cm³/mol. The predicted octanol–water partition coefficient (Wildman–Crippen LogP) is 4.36. The summed E-state index contributed by atoms with van der Waals surface area (Å²) in [5, 5.41) is 21.3. The Kier molecular flexibility index (Phi) is 4.01. The number of nitrogens with one attached hydrogen (secondary N) is 1. The zero-order valence-electron chi connectivity index (χ0n) is 9.28. The summed E-state index contributed by atoms with van der Waals surface area (Å²) in [7, 11) is 0. The normalized spacial score (nSPS) is 10.0. The first kappa shape index (κ1) is 13.8. The molecule has 0 atom stereocenters. The van der Waals surface area contributed by atoms with Crippen LogP contribution in [0.1, 0.15) is 5.56 Å². The molecule has 2 aromatic rings. The van der Waals surface area contributed by atoms with Gasteiger partial charge in [-0.1, -0.05) is 46.9 Å². The molecule has 0 saturated carbocycles. The third kappa shape index (κ3) is 2.69.